The summed E-state index contributed by atoms with van der Waals surface area (Å²) in [5.74, 6) is -1.18. The number of nitrogens with one attached hydrogen (secondary N) is 1. The summed E-state index contributed by atoms with van der Waals surface area (Å²) in [6.45, 7) is 9.07. The van der Waals surface area contributed by atoms with Crippen LogP contribution in [0, 0.1) is 0 Å². The first kappa shape index (κ1) is 19.9. The molecule has 1 aliphatic rings. The zero-order chi connectivity index (χ0) is 20.5. The molecule has 0 heterocycles. The number of hydrogen-bond donors (Lipinski definition) is 2. The van der Waals surface area contributed by atoms with Crippen molar-refractivity contribution in [2.24, 2.45) is 0 Å². The van der Waals surface area contributed by atoms with Crippen LogP contribution in [0.15, 0.2) is 48.5 Å². The molecule has 0 fully saturated rings. The Morgan fingerprint density at radius 2 is 1.54 bits per heavy atom. The van der Waals surface area contributed by atoms with Gasteiger partial charge >= 0.3 is 5.97 Å². The Hall–Kier alpha value is -2.88. The Bertz CT molecular complexity index is 937. The largest absolute Gasteiger partial charge is 0.478 e. The fraction of sp³-hybridized carbons (Fsp3) is 0.333. The first-order chi connectivity index (χ1) is 13.1. The van der Waals surface area contributed by atoms with Crippen LogP contribution in [-0.2, 0) is 15.6 Å². The van der Waals surface area contributed by atoms with Crippen LogP contribution >= 0.6 is 0 Å². The van der Waals surface area contributed by atoms with Crippen molar-refractivity contribution in [2.45, 2.75) is 51.4 Å². The molecule has 0 saturated carbocycles. The minimum Gasteiger partial charge on any atom is -0.478 e. The summed E-state index contributed by atoms with van der Waals surface area (Å²) >= 11 is 0. The minimum atomic E-state index is -1.000. The summed E-state index contributed by atoms with van der Waals surface area (Å²) in [4.78, 5) is 23.2. The summed E-state index contributed by atoms with van der Waals surface area (Å²) in [7, 11) is 0. The van der Waals surface area contributed by atoms with Gasteiger partial charge in [-0.25, -0.2) is 4.79 Å². The van der Waals surface area contributed by atoms with Gasteiger partial charge in [-0.15, -0.1) is 0 Å². The van der Waals surface area contributed by atoms with Gasteiger partial charge in [0.2, 0.25) is 0 Å². The summed E-state index contributed by atoms with van der Waals surface area (Å²) < 4.78 is 0. The third kappa shape index (κ3) is 4.16. The maximum absolute atomic E-state index is 12.6. The number of hydrogen-bond acceptors (Lipinski definition) is 2. The standard InChI is InChI=1S/C24H27NO3/c1-23(2)13-14-24(3,4)20-15-18(10-11-19(20)23)25-22(28)17-8-5-16(6-9-17)7-12-21(26)27/h5-12,15H,13-14H2,1-4H3,(H,25,28)(H,26,27)/b12-7-. The number of rotatable bonds is 4. The van der Waals surface area contributed by atoms with Gasteiger partial charge in [-0.05, 0) is 70.7 Å². The topological polar surface area (TPSA) is 66.4 Å². The molecule has 0 aromatic heterocycles. The Morgan fingerprint density at radius 3 is 2.14 bits per heavy atom. The molecule has 0 saturated heterocycles. The van der Waals surface area contributed by atoms with Crippen LogP contribution in [0.4, 0.5) is 5.69 Å². The zero-order valence-electron chi connectivity index (χ0n) is 16.9. The average Bonchev–Trinajstić information content (AvgIpc) is 2.64. The number of aliphatic carboxylic acids is 1. The molecule has 0 unspecified atom stereocenters. The van der Waals surface area contributed by atoms with Crippen LogP contribution in [0.3, 0.4) is 0 Å². The molecule has 0 bridgehead atoms. The number of benzene rings is 2. The van der Waals surface area contributed by atoms with Crippen LogP contribution in [0.25, 0.3) is 6.08 Å². The quantitative estimate of drug-likeness (QED) is 0.703. The second kappa shape index (κ2) is 7.27. The van der Waals surface area contributed by atoms with Crippen molar-refractivity contribution in [1.82, 2.24) is 0 Å². The van der Waals surface area contributed by atoms with Crippen molar-refractivity contribution < 1.29 is 14.7 Å². The lowest BCUT2D eigenvalue weighted by atomic mass is 9.63. The fourth-order valence-corrected chi connectivity index (χ4v) is 3.78. The Balaban J connectivity index is 1.81. The third-order valence-corrected chi connectivity index (χ3v) is 5.70. The van der Waals surface area contributed by atoms with Crippen LogP contribution in [0.5, 0.6) is 0 Å². The maximum atomic E-state index is 12.6. The summed E-state index contributed by atoms with van der Waals surface area (Å²) in [5, 5.41) is 11.7. The van der Waals surface area contributed by atoms with E-state index in [2.05, 4.69) is 45.1 Å². The number of carbonyl (C=O) groups is 2. The minimum absolute atomic E-state index is 0.0870. The second-order valence-corrected chi connectivity index (χ2v) is 8.78. The highest BCUT2D eigenvalue weighted by atomic mass is 16.4. The number of carbonyl (C=O) groups excluding carboxylic acids is 1. The van der Waals surface area contributed by atoms with Crippen LogP contribution in [-0.4, -0.2) is 17.0 Å². The molecule has 3 rings (SSSR count). The van der Waals surface area contributed by atoms with Gasteiger partial charge in [0.15, 0.2) is 0 Å². The Labute approximate surface area is 166 Å². The normalized spacial score (nSPS) is 17.1. The molecule has 0 aliphatic heterocycles. The van der Waals surface area contributed by atoms with Gasteiger partial charge in [0.05, 0.1) is 0 Å². The van der Waals surface area contributed by atoms with E-state index in [9.17, 15) is 9.59 Å². The SMILES string of the molecule is CC1(C)CCC(C)(C)c2cc(NC(=O)c3ccc(/C=C\C(=O)O)cc3)ccc21. The lowest BCUT2D eigenvalue weighted by Gasteiger charge is -2.42. The van der Waals surface area contributed by atoms with E-state index in [-0.39, 0.29) is 16.7 Å². The molecule has 0 radical (unpaired) electrons. The van der Waals surface area contributed by atoms with Gasteiger partial charge in [-0.2, -0.15) is 0 Å². The van der Waals surface area contributed by atoms with E-state index in [0.29, 0.717) is 5.56 Å². The van der Waals surface area contributed by atoms with E-state index in [1.807, 2.05) is 6.07 Å². The lowest BCUT2D eigenvalue weighted by Crippen LogP contribution is -2.33. The monoisotopic (exact) mass is 377 g/mol. The number of amides is 1. The average molecular weight is 377 g/mol. The first-order valence-corrected chi connectivity index (χ1v) is 9.56. The molecule has 2 aromatic rings. The van der Waals surface area contributed by atoms with Crippen LogP contribution in [0.2, 0.25) is 0 Å². The molecule has 146 valence electrons. The molecule has 4 nitrogen and oxygen atoms in total. The molecular weight excluding hydrogens is 350 g/mol. The Morgan fingerprint density at radius 1 is 0.929 bits per heavy atom. The van der Waals surface area contributed by atoms with E-state index in [4.69, 9.17) is 5.11 Å². The van der Waals surface area contributed by atoms with Gasteiger partial charge in [-0.3, -0.25) is 4.79 Å². The summed E-state index contributed by atoms with van der Waals surface area (Å²) in [5.41, 5.74) is 4.95. The van der Waals surface area contributed by atoms with Gasteiger partial charge in [0.25, 0.3) is 5.91 Å². The summed E-state index contributed by atoms with van der Waals surface area (Å²) in [6.07, 6.45) is 4.85. The van der Waals surface area contributed by atoms with Gasteiger partial charge < -0.3 is 10.4 Å². The smallest absolute Gasteiger partial charge is 0.328 e. The molecule has 0 spiro atoms. The van der Waals surface area contributed by atoms with Gasteiger partial charge in [-0.1, -0.05) is 45.9 Å². The van der Waals surface area contributed by atoms with Crippen molar-refractivity contribution >= 4 is 23.6 Å². The predicted molar refractivity (Wildman–Crippen MR) is 113 cm³/mol. The van der Waals surface area contributed by atoms with E-state index in [0.717, 1.165) is 30.2 Å². The molecule has 2 aromatic carbocycles. The number of carboxylic acid groups (broad SMARTS) is 1. The van der Waals surface area contributed by atoms with Gasteiger partial charge in [0, 0.05) is 17.3 Å². The van der Waals surface area contributed by atoms with Crippen molar-refractivity contribution in [3.05, 3.63) is 70.8 Å². The molecule has 1 amide bonds. The molecule has 0 atom stereocenters. The third-order valence-electron chi connectivity index (χ3n) is 5.70. The number of anilines is 1. The Kier molecular flexibility index (Phi) is 5.16. The number of carboxylic acids is 1. The van der Waals surface area contributed by atoms with Crippen molar-refractivity contribution in [1.29, 1.82) is 0 Å². The maximum Gasteiger partial charge on any atom is 0.328 e. The van der Waals surface area contributed by atoms with Crippen molar-refractivity contribution in [2.75, 3.05) is 5.32 Å². The van der Waals surface area contributed by atoms with E-state index < -0.39 is 5.97 Å². The molecule has 28 heavy (non-hydrogen) atoms. The molecule has 4 heteroatoms. The van der Waals surface area contributed by atoms with Crippen molar-refractivity contribution in [3.63, 3.8) is 0 Å². The number of fused-ring (bicyclic) bond motifs is 1. The van der Waals surface area contributed by atoms with Gasteiger partial charge in [0.1, 0.15) is 0 Å². The second-order valence-electron chi connectivity index (χ2n) is 8.78. The zero-order valence-corrected chi connectivity index (χ0v) is 16.9. The molecule has 2 N–H and O–H groups in total. The predicted octanol–water partition coefficient (Wildman–Crippen LogP) is 5.39. The first-order valence-electron chi connectivity index (χ1n) is 9.56. The fourth-order valence-electron chi connectivity index (χ4n) is 3.78. The van der Waals surface area contributed by atoms with Crippen molar-refractivity contribution in [3.8, 4) is 0 Å². The highest BCUT2D eigenvalue weighted by Gasteiger charge is 2.37. The van der Waals surface area contributed by atoms with Crippen LogP contribution < -0.4 is 5.32 Å². The van der Waals surface area contributed by atoms with E-state index >= 15 is 0 Å². The lowest BCUT2D eigenvalue weighted by molar-refractivity contribution is -0.131. The van der Waals surface area contributed by atoms with Crippen LogP contribution in [0.1, 0.15) is 67.6 Å². The molecule has 1 aliphatic carbocycles. The summed E-state index contributed by atoms with van der Waals surface area (Å²) in [6, 6.07) is 13.1. The van der Waals surface area contributed by atoms with E-state index in [1.54, 1.807) is 24.3 Å². The highest BCUT2D eigenvalue weighted by Crippen LogP contribution is 2.46. The highest BCUT2D eigenvalue weighted by molar-refractivity contribution is 6.04. The van der Waals surface area contributed by atoms with E-state index in [1.165, 1.54) is 17.2 Å². The molecular formula is C24H27NO3.